The largest absolute Gasteiger partial charge is 0.479 e. The Morgan fingerprint density at radius 3 is 0.604 bits per heavy atom. The molecular formula is C33H52O20. The minimum absolute atomic E-state index is 0.193. The van der Waals surface area contributed by atoms with Crippen LogP contribution in [0.4, 0.5) is 0 Å². The van der Waals surface area contributed by atoms with Crippen molar-refractivity contribution in [3.63, 3.8) is 0 Å². The average Bonchev–Trinajstić information content (AvgIpc) is 3.06. The summed E-state index contributed by atoms with van der Waals surface area (Å²) in [5.41, 5.74) is -0.340. The van der Waals surface area contributed by atoms with Gasteiger partial charge in [-0.05, 0) is 55.4 Å². The lowest BCUT2D eigenvalue weighted by atomic mass is 9.93. The number of ether oxygens (including phenoxy) is 4. The van der Waals surface area contributed by atoms with E-state index in [1.54, 1.807) is 0 Å². The van der Waals surface area contributed by atoms with Gasteiger partial charge in [0, 0.05) is 22.3 Å². The maximum Gasteiger partial charge on any atom is 0.344 e. The molecule has 20 nitrogen and oxygen atoms in total. The van der Waals surface area contributed by atoms with Crippen LogP contribution in [0.3, 0.4) is 0 Å². The van der Waals surface area contributed by atoms with Gasteiger partial charge < -0.3 is 59.8 Å². The highest BCUT2D eigenvalue weighted by atomic mass is 16.6. The molecule has 0 spiro atoms. The quantitative estimate of drug-likeness (QED) is 0.0593. The van der Waals surface area contributed by atoms with Crippen molar-refractivity contribution < 1.29 is 98.2 Å². The second-order valence-electron chi connectivity index (χ2n) is 10.8. The zero-order chi connectivity index (χ0) is 43.4. The van der Waals surface area contributed by atoms with Crippen LogP contribution in [0.25, 0.3) is 0 Å². The number of aliphatic hydroxyl groups excluding tert-OH is 4. The molecule has 4 unspecified atom stereocenters. The first-order chi connectivity index (χ1) is 24.0. The Labute approximate surface area is 306 Å². The molecule has 0 aromatic carbocycles. The highest BCUT2D eigenvalue weighted by molar-refractivity contribution is 5.90. The summed E-state index contributed by atoms with van der Waals surface area (Å²) in [6.45, 7) is 22.5. The molecule has 0 saturated heterocycles. The van der Waals surface area contributed by atoms with Crippen LogP contribution in [0.2, 0.25) is 0 Å². The van der Waals surface area contributed by atoms with Gasteiger partial charge in [0.1, 0.15) is 0 Å². The van der Waals surface area contributed by atoms with E-state index in [0.717, 1.165) is 0 Å². The molecule has 8 N–H and O–H groups in total. The number of aliphatic hydroxyl groups is 4. The molecule has 53 heavy (non-hydrogen) atoms. The maximum absolute atomic E-state index is 10.7. The van der Waals surface area contributed by atoms with Crippen molar-refractivity contribution in [3.05, 3.63) is 48.6 Å². The fourth-order valence-corrected chi connectivity index (χ4v) is 1.55. The summed E-state index contributed by atoms with van der Waals surface area (Å²) in [5, 5.41) is 67.2. The van der Waals surface area contributed by atoms with Crippen molar-refractivity contribution in [3.8, 4) is 0 Å². The summed E-state index contributed by atoms with van der Waals surface area (Å²) in [6, 6.07) is 0. The number of esters is 4. The summed E-state index contributed by atoms with van der Waals surface area (Å²) in [6.07, 6.45) is -4.45. The highest BCUT2D eigenvalue weighted by Gasteiger charge is 2.26. The summed E-state index contributed by atoms with van der Waals surface area (Å²) in [7, 11) is 0. The van der Waals surface area contributed by atoms with Gasteiger partial charge >= 0.3 is 47.8 Å². The molecule has 0 amide bonds. The van der Waals surface area contributed by atoms with Crippen LogP contribution in [0.5, 0.6) is 0 Å². The van der Waals surface area contributed by atoms with Crippen LogP contribution >= 0.6 is 0 Å². The Morgan fingerprint density at radius 2 is 0.547 bits per heavy atom. The zero-order valence-corrected chi connectivity index (χ0v) is 30.9. The second-order valence-corrected chi connectivity index (χ2v) is 10.8. The fourth-order valence-electron chi connectivity index (χ4n) is 1.55. The first-order valence-electron chi connectivity index (χ1n) is 14.8. The van der Waals surface area contributed by atoms with E-state index < -0.39 is 104 Å². The van der Waals surface area contributed by atoms with E-state index in [2.05, 4.69) is 45.3 Å². The van der Waals surface area contributed by atoms with Gasteiger partial charge in [-0.1, -0.05) is 26.3 Å². The summed E-state index contributed by atoms with van der Waals surface area (Å²) in [4.78, 5) is 83.3. The molecule has 0 fully saturated rings. The molecule has 0 aliphatic rings. The van der Waals surface area contributed by atoms with E-state index in [-0.39, 0.29) is 22.3 Å². The number of carboxylic acids is 4. The van der Waals surface area contributed by atoms with Crippen LogP contribution in [-0.2, 0) is 57.3 Å². The molecule has 0 bridgehead atoms. The molecule has 0 aliphatic heterocycles. The van der Waals surface area contributed by atoms with Crippen LogP contribution in [0, 0.1) is 5.41 Å². The Kier molecular flexibility index (Phi) is 32.4. The van der Waals surface area contributed by atoms with Gasteiger partial charge in [0.05, 0.1) is 31.8 Å². The first kappa shape index (κ1) is 56.9. The fraction of sp³-hybridized carbons (Fsp3) is 0.515. The van der Waals surface area contributed by atoms with Crippen molar-refractivity contribution in [2.75, 3.05) is 26.4 Å². The average molecular weight is 769 g/mol. The van der Waals surface area contributed by atoms with Gasteiger partial charge in [0.25, 0.3) is 0 Å². The van der Waals surface area contributed by atoms with Crippen molar-refractivity contribution in [2.45, 2.75) is 79.8 Å². The van der Waals surface area contributed by atoms with Gasteiger partial charge in [0.2, 0.25) is 0 Å². The third kappa shape index (κ3) is 31.1. The van der Waals surface area contributed by atoms with Gasteiger partial charge in [-0.3, -0.25) is 0 Å². The second kappa shape index (κ2) is 30.2. The predicted molar refractivity (Wildman–Crippen MR) is 183 cm³/mol. The van der Waals surface area contributed by atoms with E-state index in [0.29, 0.717) is 0 Å². The lowest BCUT2D eigenvalue weighted by Gasteiger charge is -2.23. The molecule has 0 rings (SSSR count). The molecule has 0 radical (unpaired) electrons. The SMILES string of the molecule is C=C(C)C(=O)OC(C)C(=O)O.C=C(C)C(=O)OC(C)C(=O)O.C=C(C)C(=O)OC(C)C(=O)O.C=C(C)C(=O)OC(C)C(=O)O.OCC(CO)(CO)CO. The van der Waals surface area contributed by atoms with Gasteiger partial charge in [-0.2, -0.15) is 0 Å². The predicted octanol–water partition coefficient (Wildman–Crippen LogP) is 0.257. The third-order valence-electron chi connectivity index (χ3n) is 5.26. The first-order valence-corrected chi connectivity index (χ1v) is 14.8. The van der Waals surface area contributed by atoms with Crippen LogP contribution < -0.4 is 0 Å². The monoisotopic (exact) mass is 768 g/mol. The summed E-state index contributed by atoms with van der Waals surface area (Å²) >= 11 is 0. The zero-order valence-electron chi connectivity index (χ0n) is 30.9. The number of hydrogen-bond donors (Lipinski definition) is 8. The number of rotatable bonds is 16. The maximum atomic E-state index is 10.7. The van der Waals surface area contributed by atoms with Gasteiger partial charge in [0.15, 0.2) is 24.4 Å². The van der Waals surface area contributed by atoms with Crippen molar-refractivity contribution in [1.29, 1.82) is 0 Å². The number of carbonyl (C=O) groups is 8. The number of hydrogen-bond acceptors (Lipinski definition) is 16. The minimum atomic E-state index is -1.17. The molecule has 4 atom stereocenters. The standard InChI is InChI=1S/4C7H10O4.C5H12O4/c4*1-4(2)7(10)11-5(3)6(8)9;6-1-5(2-7,3-8)4-9/h4*5H,1H2,2-3H3,(H,8,9);6-9H,1-4H2. The van der Waals surface area contributed by atoms with Crippen LogP contribution in [-0.4, -0.2) is 139 Å². The molecule has 0 heterocycles. The molecule has 0 aliphatic carbocycles. The van der Waals surface area contributed by atoms with E-state index in [1.165, 1.54) is 55.4 Å². The van der Waals surface area contributed by atoms with E-state index in [4.69, 9.17) is 40.9 Å². The van der Waals surface area contributed by atoms with Crippen LogP contribution in [0.1, 0.15) is 55.4 Å². The molecule has 0 saturated carbocycles. The lowest BCUT2D eigenvalue weighted by Crippen LogP contribution is -2.37. The molecule has 20 heteroatoms. The van der Waals surface area contributed by atoms with E-state index in [9.17, 15) is 38.4 Å². The van der Waals surface area contributed by atoms with Gasteiger partial charge in [-0.25, -0.2) is 38.4 Å². The van der Waals surface area contributed by atoms with Gasteiger partial charge in [-0.15, -0.1) is 0 Å². The number of carbonyl (C=O) groups excluding carboxylic acids is 4. The molecule has 0 aromatic rings. The molecular weight excluding hydrogens is 716 g/mol. The van der Waals surface area contributed by atoms with Crippen molar-refractivity contribution in [2.24, 2.45) is 5.41 Å². The highest BCUT2D eigenvalue weighted by Crippen LogP contribution is 2.12. The number of aliphatic carboxylic acids is 4. The smallest absolute Gasteiger partial charge is 0.344 e. The lowest BCUT2D eigenvalue weighted by molar-refractivity contribution is -0.159. The molecule has 304 valence electrons. The Hall–Kier alpha value is -5.44. The molecule has 0 aromatic heterocycles. The van der Waals surface area contributed by atoms with Crippen molar-refractivity contribution >= 4 is 47.8 Å². The van der Waals surface area contributed by atoms with E-state index in [1.807, 2.05) is 0 Å². The normalized spacial score (nSPS) is 11.8. The summed E-state index contributed by atoms with van der Waals surface area (Å²) in [5.74, 6) is -7.39. The topological polar surface area (TPSA) is 335 Å². The Morgan fingerprint density at radius 1 is 0.415 bits per heavy atom. The number of carboxylic acid groups (broad SMARTS) is 4. The third-order valence-corrected chi connectivity index (χ3v) is 5.26. The Balaban J connectivity index is -0.000000181. The Bertz CT molecular complexity index is 1100. The minimum Gasteiger partial charge on any atom is -0.479 e. The van der Waals surface area contributed by atoms with Crippen LogP contribution in [0.15, 0.2) is 48.6 Å². The summed E-state index contributed by atoms with van der Waals surface area (Å²) < 4.78 is 17.7. The van der Waals surface area contributed by atoms with Crippen molar-refractivity contribution in [1.82, 2.24) is 0 Å². The van der Waals surface area contributed by atoms with E-state index >= 15 is 0 Å².